The monoisotopic (exact) mass is 920 g/mol. The van der Waals surface area contributed by atoms with E-state index < -0.39 is 0 Å². The summed E-state index contributed by atoms with van der Waals surface area (Å²) in [4.78, 5) is 11.5. The molecule has 5 aromatic carbocycles. The van der Waals surface area contributed by atoms with E-state index in [1.807, 2.05) is 30.1 Å². The van der Waals surface area contributed by atoms with Crippen molar-refractivity contribution in [3.63, 3.8) is 0 Å². The number of fused-ring (bicyclic) bond motifs is 6. The minimum Gasteiger partial charge on any atom is -0.385 e. The number of rotatable bonds is 5. The van der Waals surface area contributed by atoms with E-state index in [9.17, 15) is 0 Å². The molecular formula is C59H78ClN7. The second-order valence-corrected chi connectivity index (χ2v) is 21.2. The summed E-state index contributed by atoms with van der Waals surface area (Å²) in [7, 11) is 2.02. The zero-order chi connectivity index (χ0) is 47.8. The van der Waals surface area contributed by atoms with Gasteiger partial charge in [0.2, 0.25) is 0 Å². The van der Waals surface area contributed by atoms with Gasteiger partial charge in [0.05, 0.1) is 34.2 Å². The molecule has 356 valence electrons. The van der Waals surface area contributed by atoms with Gasteiger partial charge in [-0.05, 0) is 148 Å². The van der Waals surface area contributed by atoms with Crippen LogP contribution in [0, 0.1) is 0 Å². The minimum atomic E-state index is 0.439. The van der Waals surface area contributed by atoms with Crippen molar-refractivity contribution in [3.8, 4) is 0 Å². The third kappa shape index (κ3) is 12.2. The number of aromatic amines is 1. The van der Waals surface area contributed by atoms with Crippen LogP contribution in [0.3, 0.4) is 0 Å². The topological polar surface area (TPSA) is 82.6 Å². The Bertz CT molecular complexity index is 2710. The van der Waals surface area contributed by atoms with Crippen LogP contribution in [0.15, 0.2) is 97.6 Å². The number of anilines is 1. The molecule has 0 unspecified atom stereocenters. The molecule has 2 aromatic heterocycles. The first-order chi connectivity index (χ1) is 32.2. The van der Waals surface area contributed by atoms with Crippen LogP contribution >= 0.6 is 11.6 Å². The molecule has 0 radical (unpaired) electrons. The molecule has 0 amide bonds. The molecule has 1 spiro atoms. The van der Waals surface area contributed by atoms with Gasteiger partial charge in [0.25, 0.3) is 0 Å². The predicted octanol–water partition coefficient (Wildman–Crippen LogP) is 14.6. The summed E-state index contributed by atoms with van der Waals surface area (Å²) in [5.41, 5.74) is 20.8. The van der Waals surface area contributed by atoms with E-state index in [4.69, 9.17) is 11.6 Å². The zero-order valence-electron chi connectivity index (χ0n) is 42.4. The number of nitrogens with zero attached hydrogens (tertiary/aromatic N) is 3. The molecule has 5 heterocycles. The summed E-state index contributed by atoms with van der Waals surface area (Å²) < 4.78 is 2.04. The largest absolute Gasteiger partial charge is 0.385 e. The lowest BCUT2D eigenvalue weighted by atomic mass is 9.85. The molecule has 0 saturated heterocycles. The van der Waals surface area contributed by atoms with Crippen molar-refractivity contribution in [1.82, 2.24) is 30.2 Å². The van der Waals surface area contributed by atoms with E-state index >= 15 is 0 Å². The lowest BCUT2D eigenvalue weighted by Gasteiger charge is -2.27. The zero-order valence-corrected chi connectivity index (χ0v) is 43.2. The third-order valence-corrected chi connectivity index (χ3v) is 14.5. The molecule has 0 atom stereocenters. The Kier molecular flexibility index (Phi) is 16.7. The number of aryl methyl sites for hydroxylation is 2. The van der Waals surface area contributed by atoms with Gasteiger partial charge in [-0.2, -0.15) is 0 Å². The van der Waals surface area contributed by atoms with E-state index in [1.165, 1.54) is 77.7 Å². The first-order valence-corrected chi connectivity index (χ1v) is 25.6. The van der Waals surface area contributed by atoms with Gasteiger partial charge in [0, 0.05) is 44.3 Å². The van der Waals surface area contributed by atoms with E-state index in [0.29, 0.717) is 35.0 Å². The SMILES string of the molecule is CC(C)c1ccc2[nH]cnc2c1Cl.CC(C)c1ccc2c(c1)CNCC21CC1.CC(C)c1ccc2c(c1)NCCC2.CC(C)c1ccc2c(c1)ncn2C.CC(C)c1cccc2c1CCNC2. The van der Waals surface area contributed by atoms with Gasteiger partial charge in [-0.1, -0.05) is 142 Å². The standard InChI is InChI=1S/C14H19N.2C12H17N.C11H14N2.C10H11ClN2/c1-10(2)11-3-4-13-12(7-11)8-15-9-14(13)5-6-14;1-9(2)11-6-5-10-4-3-7-13-12(10)8-11;1-9(2)11-5-3-4-10-8-13-7-6-12(10)11;1-8(2)9-4-5-11-10(6-9)12-7-13(11)3;1-6(2)7-3-4-8-10(9(7)11)13-5-12-8/h3-4,7,10,15H,5-6,8-9H2,1-2H3;5-6,8-9,13H,3-4,7H2,1-2H3;3-5,9,13H,6-8H2,1-2H3;4-8H,1-3H3;3-6H,1-2H3,(H,12,13). The fourth-order valence-corrected chi connectivity index (χ4v) is 10.1. The van der Waals surface area contributed by atoms with Crippen LogP contribution < -0.4 is 16.0 Å². The van der Waals surface area contributed by atoms with Crippen molar-refractivity contribution in [3.05, 3.63) is 158 Å². The fourth-order valence-electron chi connectivity index (χ4n) is 9.65. The normalized spacial score (nSPS) is 15.4. The molecular weight excluding hydrogens is 842 g/mol. The second kappa shape index (κ2) is 22.4. The highest BCUT2D eigenvalue weighted by atomic mass is 35.5. The number of nitrogens with one attached hydrogen (secondary N) is 4. The van der Waals surface area contributed by atoms with Crippen LogP contribution in [-0.2, 0) is 38.4 Å². The number of hydrogen-bond donors (Lipinski definition) is 4. The maximum atomic E-state index is 6.20. The first-order valence-electron chi connectivity index (χ1n) is 25.2. The molecule has 1 saturated carbocycles. The Labute approximate surface area is 407 Å². The van der Waals surface area contributed by atoms with Crippen LogP contribution in [0.25, 0.3) is 22.1 Å². The maximum absolute atomic E-state index is 6.20. The van der Waals surface area contributed by atoms with Gasteiger partial charge in [-0.3, -0.25) is 0 Å². The Morgan fingerprint density at radius 2 is 1.31 bits per heavy atom. The summed E-state index contributed by atoms with van der Waals surface area (Å²) in [5, 5.41) is 11.2. The average molecular weight is 921 g/mol. The highest BCUT2D eigenvalue weighted by Crippen LogP contribution is 2.50. The van der Waals surface area contributed by atoms with Crippen molar-refractivity contribution in [1.29, 1.82) is 0 Å². The van der Waals surface area contributed by atoms with Gasteiger partial charge >= 0.3 is 0 Å². The Hall–Kier alpha value is -4.95. The molecule has 1 aliphatic carbocycles. The summed E-state index contributed by atoms with van der Waals surface area (Å²) in [6, 6.07) is 31.2. The number of benzene rings is 5. The molecule has 7 aromatic rings. The number of imidazole rings is 2. The van der Waals surface area contributed by atoms with Crippen LogP contribution in [0.2, 0.25) is 5.02 Å². The van der Waals surface area contributed by atoms with Gasteiger partial charge < -0.3 is 25.5 Å². The highest BCUT2D eigenvalue weighted by Gasteiger charge is 2.46. The molecule has 3 aliphatic heterocycles. The summed E-state index contributed by atoms with van der Waals surface area (Å²) in [5.74, 6) is 2.95. The van der Waals surface area contributed by atoms with Crippen LogP contribution in [0.4, 0.5) is 5.69 Å². The van der Waals surface area contributed by atoms with Gasteiger partial charge in [0.15, 0.2) is 0 Å². The molecule has 8 heteroatoms. The van der Waals surface area contributed by atoms with Crippen molar-refractivity contribution >= 4 is 39.4 Å². The summed E-state index contributed by atoms with van der Waals surface area (Å²) in [6.45, 7) is 27.8. The van der Waals surface area contributed by atoms with Gasteiger partial charge in [0.1, 0.15) is 5.52 Å². The predicted molar refractivity (Wildman–Crippen MR) is 286 cm³/mol. The van der Waals surface area contributed by atoms with E-state index in [0.717, 1.165) is 53.3 Å². The number of aromatic nitrogens is 4. The van der Waals surface area contributed by atoms with Crippen LogP contribution in [-0.4, -0.2) is 39.2 Å². The minimum absolute atomic E-state index is 0.439. The van der Waals surface area contributed by atoms with Crippen molar-refractivity contribution < 1.29 is 0 Å². The molecule has 7 nitrogen and oxygen atoms in total. The van der Waals surface area contributed by atoms with E-state index in [-0.39, 0.29) is 0 Å². The molecule has 11 rings (SSSR count). The lowest BCUT2D eigenvalue weighted by Crippen LogP contribution is -2.33. The Balaban J connectivity index is 0.000000124. The lowest BCUT2D eigenvalue weighted by molar-refractivity contribution is 0.530. The maximum Gasteiger partial charge on any atom is 0.107 e. The first kappa shape index (κ1) is 49.9. The van der Waals surface area contributed by atoms with Crippen molar-refractivity contribution in [2.45, 2.75) is 149 Å². The number of halogens is 1. The molecule has 67 heavy (non-hydrogen) atoms. The number of H-pyrrole nitrogens is 1. The quantitative estimate of drug-likeness (QED) is 0.138. The molecule has 0 bridgehead atoms. The molecule has 4 N–H and O–H groups in total. The van der Waals surface area contributed by atoms with Crippen molar-refractivity contribution in [2.75, 3.05) is 25.0 Å². The van der Waals surface area contributed by atoms with Crippen LogP contribution in [0.5, 0.6) is 0 Å². The molecule has 4 aliphatic rings. The highest BCUT2D eigenvalue weighted by molar-refractivity contribution is 6.35. The average Bonchev–Trinajstić information content (AvgIpc) is 3.73. The smallest absolute Gasteiger partial charge is 0.107 e. The third-order valence-electron chi connectivity index (χ3n) is 14.1. The summed E-state index contributed by atoms with van der Waals surface area (Å²) >= 11 is 6.20. The van der Waals surface area contributed by atoms with Gasteiger partial charge in [-0.15, -0.1) is 0 Å². The van der Waals surface area contributed by atoms with E-state index in [1.54, 1.807) is 28.6 Å². The molecule has 1 fully saturated rings. The van der Waals surface area contributed by atoms with Gasteiger partial charge in [-0.25, -0.2) is 9.97 Å². The van der Waals surface area contributed by atoms with Crippen molar-refractivity contribution in [2.24, 2.45) is 7.05 Å². The Morgan fingerprint density at radius 1 is 0.627 bits per heavy atom. The Morgan fingerprint density at radius 3 is 2.03 bits per heavy atom. The second-order valence-electron chi connectivity index (χ2n) is 20.8. The number of hydrogen-bond acceptors (Lipinski definition) is 5. The summed E-state index contributed by atoms with van der Waals surface area (Å²) in [6.07, 6.45) is 10.00. The fraction of sp³-hybridized carbons (Fsp3) is 0.458. The van der Waals surface area contributed by atoms with Crippen LogP contribution in [0.1, 0.15) is 174 Å². The van der Waals surface area contributed by atoms with E-state index in [2.05, 4.69) is 173 Å².